The Morgan fingerprint density at radius 1 is 0.938 bits per heavy atom. The molecule has 0 amide bonds. The monoisotopic (exact) mass is 214 g/mol. The van der Waals surface area contributed by atoms with E-state index in [1.54, 1.807) is 18.6 Å². The zero-order valence-electron chi connectivity index (χ0n) is 8.60. The fourth-order valence-corrected chi connectivity index (χ4v) is 2.06. The van der Waals surface area contributed by atoms with Crippen LogP contribution in [0.4, 0.5) is 0 Å². The summed E-state index contributed by atoms with van der Waals surface area (Å²) in [4.78, 5) is 11.8. The van der Waals surface area contributed by atoms with Gasteiger partial charge in [0.25, 0.3) is 0 Å². The Morgan fingerprint density at radius 2 is 1.62 bits per heavy atom. The number of carbonyl (C=O) groups excluding carboxylic acids is 1. The summed E-state index contributed by atoms with van der Waals surface area (Å²) < 4.78 is 10.6. The molecule has 0 aliphatic heterocycles. The first-order chi connectivity index (χ1) is 7.86. The lowest BCUT2D eigenvalue weighted by Gasteiger charge is -2.00. The van der Waals surface area contributed by atoms with Crippen LogP contribution in [0.2, 0.25) is 0 Å². The van der Waals surface area contributed by atoms with Gasteiger partial charge in [0.05, 0.1) is 18.1 Å². The maximum absolute atomic E-state index is 11.8. The molecule has 0 fully saturated rings. The minimum atomic E-state index is 0.126. The number of furan rings is 2. The second-order valence-electron chi connectivity index (χ2n) is 3.73. The fourth-order valence-electron chi connectivity index (χ4n) is 2.06. The van der Waals surface area contributed by atoms with Crippen LogP contribution in [0.1, 0.15) is 24.4 Å². The third-order valence-corrected chi connectivity index (χ3v) is 2.77. The van der Waals surface area contributed by atoms with Gasteiger partial charge < -0.3 is 8.83 Å². The standard InChI is InChI=1S/C13H10O3/c14-10-6-5-9(11-3-1-7-15-11)13(10)12-4-2-8-16-12/h1-4,7-8H,5-6H2. The summed E-state index contributed by atoms with van der Waals surface area (Å²) >= 11 is 0. The molecule has 2 heterocycles. The summed E-state index contributed by atoms with van der Waals surface area (Å²) in [5, 5.41) is 0. The van der Waals surface area contributed by atoms with Crippen molar-refractivity contribution >= 4 is 16.9 Å². The first-order valence-electron chi connectivity index (χ1n) is 5.20. The molecule has 0 unspecified atom stereocenters. The Kier molecular flexibility index (Phi) is 2.03. The van der Waals surface area contributed by atoms with Gasteiger partial charge in [-0.05, 0) is 30.7 Å². The first kappa shape index (κ1) is 9.21. The minimum absolute atomic E-state index is 0.126. The Hall–Kier alpha value is -2.03. The van der Waals surface area contributed by atoms with Crippen molar-refractivity contribution in [2.75, 3.05) is 0 Å². The molecule has 1 aliphatic rings. The van der Waals surface area contributed by atoms with Crippen molar-refractivity contribution in [3.63, 3.8) is 0 Å². The summed E-state index contributed by atoms with van der Waals surface area (Å²) in [6.45, 7) is 0. The third kappa shape index (κ3) is 1.33. The molecule has 0 aromatic carbocycles. The highest BCUT2D eigenvalue weighted by Gasteiger charge is 2.28. The zero-order valence-corrected chi connectivity index (χ0v) is 8.60. The second-order valence-corrected chi connectivity index (χ2v) is 3.73. The summed E-state index contributed by atoms with van der Waals surface area (Å²) in [5.74, 6) is 1.52. The Labute approximate surface area is 92.4 Å². The molecule has 1 aliphatic carbocycles. The van der Waals surface area contributed by atoms with Gasteiger partial charge in [-0.3, -0.25) is 4.79 Å². The lowest BCUT2D eigenvalue weighted by atomic mass is 10.1. The molecular weight excluding hydrogens is 204 g/mol. The predicted molar refractivity (Wildman–Crippen MR) is 58.5 cm³/mol. The molecule has 16 heavy (non-hydrogen) atoms. The van der Waals surface area contributed by atoms with E-state index in [1.165, 1.54) is 0 Å². The topological polar surface area (TPSA) is 43.4 Å². The van der Waals surface area contributed by atoms with Crippen LogP contribution in [-0.4, -0.2) is 5.78 Å². The summed E-state index contributed by atoms with van der Waals surface area (Å²) in [6.07, 6.45) is 4.45. The van der Waals surface area contributed by atoms with Crippen molar-refractivity contribution in [2.45, 2.75) is 12.8 Å². The molecule has 0 radical (unpaired) electrons. The van der Waals surface area contributed by atoms with Crippen LogP contribution >= 0.6 is 0 Å². The number of carbonyl (C=O) groups is 1. The highest BCUT2D eigenvalue weighted by molar-refractivity contribution is 6.30. The summed E-state index contributed by atoms with van der Waals surface area (Å²) in [7, 11) is 0. The zero-order chi connectivity index (χ0) is 11.0. The van der Waals surface area contributed by atoms with Crippen LogP contribution in [0.15, 0.2) is 45.6 Å². The molecule has 2 aromatic heterocycles. The van der Waals surface area contributed by atoms with E-state index in [1.807, 2.05) is 18.2 Å². The minimum Gasteiger partial charge on any atom is -0.465 e. The molecule has 0 N–H and O–H groups in total. The van der Waals surface area contributed by atoms with Crippen molar-refractivity contribution in [2.24, 2.45) is 0 Å². The second kappa shape index (κ2) is 3.52. The Balaban J connectivity index is 2.16. The fraction of sp³-hybridized carbons (Fsp3) is 0.154. The lowest BCUT2D eigenvalue weighted by Crippen LogP contribution is -1.93. The van der Waals surface area contributed by atoms with Crippen molar-refractivity contribution in [1.29, 1.82) is 0 Å². The summed E-state index contributed by atoms with van der Waals surface area (Å²) in [5.41, 5.74) is 1.62. The van der Waals surface area contributed by atoms with E-state index in [0.717, 1.165) is 17.8 Å². The number of hydrogen-bond acceptors (Lipinski definition) is 3. The molecule has 0 saturated heterocycles. The van der Waals surface area contributed by atoms with Crippen molar-refractivity contribution < 1.29 is 13.6 Å². The van der Waals surface area contributed by atoms with Gasteiger partial charge in [-0.2, -0.15) is 0 Å². The lowest BCUT2D eigenvalue weighted by molar-refractivity contribution is -0.113. The molecule has 0 bridgehead atoms. The van der Waals surface area contributed by atoms with E-state index in [4.69, 9.17) is 8.83 Å². The van der Waals surface area contributed by atoms with E-state index in [2.05, 4.69) is 0 Å². The molecule has 80 valence electrons. The normalized spacial score (nSPS) is 16.1. The number of allylic oxidation sites excluding steroid dienone is 2. The smallest absolute Gasteiger partial charge is 0.167 e. The van der Waals surface area contributed by atoms with Crippen LogP contribution in [0.25, 0.3) is 11.1 Å². The number of ketones is 1. The van der Waals surface area contributed by atoms with E-state index in [0.29, 0.717) is 17.8 Å². The average Bonchev–Trinajstić information content (AvgIpc) is 2.96. The number of Topliss-reactive ketones (excluding diaryl/α,β-unsaturated/α-hetero) is 1. The molecular formula is C13H10O3. The number of rotatable bonds is 2. The van der Waals surface area contributed by atoms with Gasteiger partial charge in [0.1, 0.15) is 11.5 Å². The van der Waals surface area contributed by atoms with Crippen LogP contribution in [-0.2, 0) is 4.79 Å². The van der Waals surface area contributed by atoms with E-state index in [-0.39, 0.29) is 5.78 Å². The molecule has 0 atom stereocenters. The maximum Gasteiger partial charge on any atom is 0.167 e. The molecule has 0 spiro atoms. The maximum atomic E-state index is 11.8. The van der Waals surface area contributed by atoms with Gasteiger partial charge in [-0.1, -0.05) is 0 Å². The predicted octanol–water partition coefficient (Wildman–Crippen LogP) is 3.15. The van der Waals surface area contributed by atoms with Gasteiger partial charge in [0.15, 0.2) is 5.78 Å². The third-order valence-electron chi connectivity index (χ3n) is 2.77. The SMILES string of the molecule is O=C1CCC(c2ccco2)=C1c1ccco1. The van der Waals surface area contributed by atoms with Crippen molar-refractivity contribution in [3.8, 4) is 0 Å². The van der Waals surface area contributed by atoms with Crippen LogP contribution < -0.4 is 0 Å². The van der Waals surface area contributed by atoms with Gasteiger partial charge in [-0.25, -0.2) is 0 Å². The molecule has 2 aromatic rings. The Morgan fingerprint density at radius 3 is 2.25 bits per heavy atom. The average molecular weight is 214 g/mol. The molecule has 3 rings (SSSR count). The number of hydrogen-bond donors (Lipinski definition) is 0. The van der Waals surface area contributed by atoms with Crippen molar-refractivity contribution in [1.82, 2.24) is 0 Å². The van der Waals surface area contributed by atoms with E-state index in [9.17, 15) is 4.79 Å². The highest BCUT2D eigenvalue weighted by Crippen LogP contribution is 2.37. The van der Waals surface area contributed by atoms with Crippen LogP contribution in [0.5, 0.6) is 0 Å². The Bertz CT molecular complexity index is 530. The molecule has 0 saturated carbocycles. The van der Waals surface area contributed by atoms with Gasteiger partial charge >= 0.3 is 0 Å². The van der Waals surface area contributed by atoms with Gasteiger partial charge in [0.2, 0.25) is 0 Å². The van der Waals surface area contributed by atoms with E-state index < -0.39 is 0 Å². The molecule has 3 nitrogen and oxygen atoms in total. The largest absolute Gasteiger partial charge is 0.465 e. The van der Waals surface area contributed by atoms with Gasteiger partial charge in [0, 0.05) is 12.0 Å². The van der Waals surface area contributed by atoms with E-state index >= 15 is 0 Å². The quantitative estimate of drug-likeness (QED) is 0.771. The molecule has 3 heteroatoms. The van der Waals surface area contributed by atoms with Crippen LogP contribution in [0, 0.1) is 0 Å². The van der Waals surface area contributed by atoms with Crippen molar-refractivity contribution in [3.05, 3.63) is 48.3 Å². The summed E-state index contributed by atoms with van der Waals surface area (Å²) in [6, 6.07) is 7.29. The van der Waals surface area contributed by atoms with Gasteiger partial charge in [-0.15, -0.1) is 0 Å². The van der Waals surface area contributed by atoms with Crippen LogP contribution in [0.3, 0.4) is 0 Å². The first-order valence-corrected chi connectivity index (χ1v) is 5.20. The highest BCUT2D eigenvalue weighted by atomic mass is 16.3.